The zero-order valence-corrected chi connectivity index (χ0v) is 11.9. The Hall–Kier alpha value is -0.0800. The van der Waals surface area contributed by atoms with Gasteiger partial charge in [0.1, 0.15) is 0 Å². The lowest BCUT2D eigenvalue weighted by molar-refractivity contribution is 0.0228. The van der Waals surface area contributed by atoms with Crippen LogP contribution in [-0.4, -0.2) is 29.6 Å². The molecule has 0 amide bonds. The van der Waals surface area contributed by atoms with Crippen molar-refractivity contribution in [3.8, 4) is 0 Å². The summed E-state index contributed by atoms with van der Waals surface area (Å²) < 4.78 is 0. The van der Waals surface area contributed by atoms with Gasteiger partial charge in [-0.1, -0.05) is 33.6 Å². The topological polar surface area (TPSA) is 29.3 Å². The van der Waals surface area contributed by atoms with Crippen molar-refractivity contribution in [2.24, 2.45) is 17.6 Å². The molecular formula is C15H30N2. The molecule has 0 aliphatic heterocycles. The molecule has 2 saturated carbocycles. The number of hydrogen-bond acceptors (Lipinski definition) is 2. The second-order valence-electron chi connectivity index (χ2n) is 6.55. The molecule has 2 heteroatoms. The summed E-state index contributed by atoms with van der Waals surface area (Å²) in [5.41, 5.74) is 6.54. The van der Waals surface area contributed by atoms with Crippen LogP contribution in [0, 0.1) is 11.8 Å². The van der Waals surface area contributed by atoms with Crippen molar-refractivity contribution < 1.29 is 0 Å². The highest BCUT2D eigenvalue weighted by molar-refractivity contribution is 5.02. The van der Waals surface area contributed by atoms with Gasteiger partial charge >= 0.3 is 0 Å². The summed E-state index contributed by atoms with van der Waals surface area (Å²) in [6, 6.07) is 0.856. The van der Waals surface area contributed by atoms with E-state index in [-0.39, 0.29) is 0 Å². The molecule has 2 aliphatic carbocycles. The summed E-state index contributed by atoms with van der Waals surface area (Å²) in [6.45, 7) is 9.12. The van der Waals surface area contributed by atoms with Gasteiger partial charge in [-0.25, -0.2) is 0 Å². The largest absolute Gasteiger partial charge is 0.329 e. The maximum absolute atomic E-state index is 6.20. The van der Waals surface area contributed by atoms with E-state index in [1.807, 2.05) is 0 Å². The van der Waals surface area contributed by atoms with Crippen LogP contribution in [0.25, 0.3) is 0 Å². The molecule has 0 radical (unpaired) electrons. The number of likely N-dealkylation sites (N-methyl/N-ethyl adjacent to an activating group) is 1. The summed E-state index contributed by atoms with van der Waals surface area (Å²) in [6.07, 6.45) is 8.28. The number of hydrogen-bond donors (Lipinski definition) is 1. The molecule has 0 spiro atoms. The molecule has 2 nitrogen and oxygen atoms in total. The van der Waals surface area contributed by atoms with Crippen molar-refractivity contribution in [2.75, 3.05) is 13.1 Å². The first-order chi connectivity index (χ1) is 8.13. The van der Waals surface area contributed by atoms with Crippen molar-refractivity contribution in [1.82, 2.24) is 4.90 Å². The van der Waals surface area contributed by atoms with Gasteiger partial charge in [0.2, 0.25) is 0 Å². The van der Waals surface area contributed by atoms with Crippen LogP contribution in [-0.2, 0) is 0 Å². The molecule has 100 valence electrons. The van der Waals surface area contributed by atoms with E-state index in [2.05, 4.69) is 25.7 Å². The summed E-state index contributed by atoms with van der Waals surface area (Å²) in [4.78, 5) is 2.75. The SMILES string of the molecule is CCN(C1CC1)C1(CN)CCCC(C(C)C)C1. The van der Waals surface area contributed by atoms with E-state index < -0.39 is 0 Å². The fourth-order valence-corrected chi connectivity index (χ4v) is 3.89. The molecule has 0 heterocycles. The van der Waals surface area contributed by atoms with E-state index in [0.717, 1.165) is 24.4 Å². The first-order valence-corrected chi connectivity index (χ1v) is 7.60. The monoisotopic (exact) mass is 238 g/mol. The highest BCUT2D eigenvalue weighted by Gasteiger charge is 2.45. The quantitative estimate of drug-likeness (QED) is 0.798. The molecule has 2 unspecified atom stereocenters. The van der Waals surface area contributed by atoms with Gasteiger partial charge in [0.05, 0.1) is 0 Å². The Balaban J connectivity index is 2.11. The van der Waals surface area contributed by atoms with E-state index in [1.165, 1.54) is 45.1 Å². The second kappa shape index (κ2) is 5.27. The molecule has 0 aromatic carbocycles. The van der Waals surface area contributed by atoms with E-state index in [4.69, 9.17) is 5.73 Å². The Labute approximate surface area is 107 Å². The molecule has 2 fully saturated rings. The summed E-state index contributed by atoms with van der Waals surface area (Å²) >= 11 is 0. The molecule has 2 rings (SSSR count). The zero-order valence-electron chi connectivity index (χ0n) is 11.9. The van der Waals surface area contributed by atoms with E-state index >= 15 is 0 Å². The van der Waals surface area contributed by atoms with Gasteiger partial charge in [0.15, 0.2) is 0 Å². The normalized spacial score (nSPS) is 34.6. The minimum Gasteiger partial charge on any atom is -0.329 e. The highest BCUT2D eigenvalue weighted by atomic mass is 15.3. The average Bonchev–Trinajstić information content (AvgIpc) is 3.14. The van der Waals surface area contributed by atoms with Crippen LogP contribution >= 0.6 is 0 Å². The lowest BCUT2D eigenvalue weighted by atomic mass is 9.70. The third kappa shape index (κ3) is 2.68. The van der Waals surface area contributed by atoms with E-state index in [0.29, 0.717) is 5.54 Å². The summed E-state index contributed by atoms with van der Waals surface area (Å²) in [7, 11) is 0. The van der Waals surface area contributed by atoms with Crippen molar-refractivity contribution in [3.63, 3.8) is 0 Å². The average molecular weight is 238 g/mol. The molecule has 2 atom stereocenters. The smallest absolute Gasteiger partial charge is 0.0337 e. The van der Waals surface area contributed by atoms with Crippen LogP contribution in [0.2, 0.25) is 0 Å². The van der Waals surface area contributed by atoms with Gasteiger partial charge in [0, 0.05) is 18.1 Å². The fourth-order valence-electron chi connectivity index (χ4n) is 3.89. The molecule has 0 aromatic rings. The van der Waals surface area contributed by atoms with Gasteiger partial charge in [-0.15, -0.1) is 0 Å². The lowest BCUT2D eigenvalue weighted by Crippen LogP contribution is -2.57. The molecule has 0 aromatic heterocycles. The molecule has 0 saturated heterocycles. The van der Waals surface area contributed by atoms with E-state index in [1.54, 1.807) is 0 Å². The van der Waals surface area contributed by atoms with Crippen molar-refractivity contribution in [1.29, 1.82) is 0 Å². The Bertz CT molecular complexity index is 247. The van der Waals surface area contributed by atoms with Gasteiger partial charge in [-0.05, 0) is 44.1 Å². The van der Waals surface area contributed by atoms with Gasteiger partial charge in [-0.3, -0.25) is 4.90 Å². The minimum atomic E-state index is 0.336. The molecular weight excluding hydrogens is 208 g/mol. The number of nitrogens with zero attached hydrogens (tertiary/aromatic N) is 1. The third-order valence-corrected chi connectivity index (χ3v) is 5.12. The third-order valence-electron chi connectivity index (χ3n) is 5.12. The van der Waals surface area contributed by atoms with Crippen LogP contribution < -0.4 is 5.73 Å². The van der Waals surface area contributed by atoms with E-state index in [9.17, 15) is 0 Å². The Morgan fingerprint density at radius 1 is 1.29 bits per heavy atom. The predicted octanol–water partition coefficient (Wildman–Crippen LogP) is 3.01. The molecule has 2 N–H and O–H groups in total. The molecule has 0 bridgehead atoms. The predicted molar refractivity (Wildman–Crippen MR) is 74.0 cm³/mol. The first-order valence-electron chi connectivity index (χ1n) is 7.60. The maximum atomic E-state index is 6.20. The Morgan fingerprint density at radius 3 is 2.47 bits per heavy atom. The Kier molecular flexibility index (Phi) is 4.14. The Morgan fingerprint density at radius 2 is 2.00 bits per heavy atom. The standard InChI is InChI=1S/C15H30N2/c1-4-17(14-7-8-14)15(11-16)9-5-6-13(10-15)12(2)3/h12-14H,4-11,16H2,1-3H3. The summed E-state index contributed by atoms with van der Waals surface area (Å²) in [5, 5.41) is 0. The van der Waals surface area contributed by atoms with Gasteiger partial charge in [-0.2, -0.15) is 0 Å². The molecule has 2 aliphatic rings. The van der Waals surface area contributed by atoms with Crippen LogP contribution in [0.5, 0.6) is 0 Å². The van der Waals surface area contributed by atoms with Crippen LogP contribution in [0.1, 0.15) is 59.3 Å². The van der Waals surface area contributed by atoms with Crippen molar-refractivity contribution in [3.05, 3.63) is 0 Å². The van der Waals surface area contributed by atoms with Gasteiger partial charge < -0.3 is 5.73 Å². The second-order valence-corrected chi connectivity index (χ2v) is 6.55. The van der Waals surface area contributed by atoms with Crippen molar-refractivity contribution >= 4 is 0 Å². The fraction of sp³-hybridized carbons (Fsp3) is 1.00. The first kappa shape index (κ1) is 13.4. The minimum absolute atomic E-state index is 0.336. The zero-order chi connectivity index (χ0) is 12.5. The van der Waals surface area contributed by atoms with Crippen LogP contribution in [0.3, 0.4) is 0 Å². The summed E-state index contributed by atoms with van der Waals surface area (Å²) in [5.74, 6) is 1.71. The highest BCUT2D eigenvalue weighted by Crippen LogP contribution is 2.43. The maximum Gasteiger partial charge on any atom is 0.0337 e. The van der Waals surface area contributed by atoms with Crippen LogP contribution in [0.4, 0.5) is 0 Å². The van der Waals surface area contributed by atoms with Crippen LogP contribution in [0.15, 0.2) is 0 Å². The lowest BCUT2D eigenvalue weighted by Gasteiger charge is -2.49. The molecule has 17 heavy (non-hydrogen) atoms. The van der Waals surface area contributed by atoms with Crippen molar-refractivity contribution in [2.45, 2.75) is 70.9 Å². The number of nitrogens with two attached hydrogens (primary N) is 1. The number of rotatable bonds is 5. The van der Waals surface area contributed by atoms with Gasteiger partial charge in [0.25, 0.3) is 0 Å².